The average Bonchev–Trinajstić information content (AvgIpc) is 2.71. The van der Waals surface area contributed by atoms with E-state index in [-0.39, 0.29) is 0 Å². The Hall–Kier alpha value is -0.930. The van der Waals surface area contributed by atoms with Crippen molar-refractivity contribution in [1.29, 1.82) is 0 Å². The average molecular weight is 205 g/mol. The molecule has 0 spiro atoms. The zero-order chi connectivity index (χ0) is 10.5. The van der Waals surface area contributed by atoms with Gasteiger partial charge in [-0.2, -0.15) is 0 Å². The summed E-state index contributed by atoms with van der Waals surface area (Å²) >= 11 is 0. The first-order valence-electron chi connectivity index (χ1n) is 5.63. The van der Waals surface area contributed by atoms with Gasteiger partial charge in [0.2, 0.25) is 0 Å². The minimum absolute atomic E-state index is 0.826. The van der Waals surface area contributed by atoms with Crippen LogP contribution < -0.4 is 5.32 Å². The summed E-state index contributed by atoms with van der Waals surface area (Å²) in [6, 6.07) is 4.14. The molecule has 3 heteroatoms. The van der Waals surface area contributed by atoms with E-state index in [1.165, 1.54) is 31.6 Å². The molecule has 15 heavy (non-hydrogen) atoms. The zero-order valence-electron chi connectivity index (χ0n) is 9.32. The molecular weight excluding hydrogens is 186 g/mol. The van der Waals surface area contributed by atoms with Crippen molar-refractivity contribution in [3.63, 3.8) is 0 Å². The molecule has 1 aliphatic heterocycles. The molecule has 0 amide bonds. The SMILES string of the molecule is CN(Cc1cccnc1)CC1CCNC1. The van der Waals surface area contributed by atoms with Crippen molar-refractivity contribution in [3.05, 3.63) is 30.1 Å². The molecule has 1 unspecified atom stereocenters. The summed E-state index contributed by atoms with van der Waals surface area (Å²) in [5.74, 6) is 0.826. The maximum atomic E-state index is 4.13. The Morgan fingerprint density at radius 3 is 3.20 bits per heavy atom. The number of hydrogen-bond acceptors (Lipinski definition) is 3. The van der Waals surface area contributed by atoms with Crippen molar-refractivity contribution in [1.82, 2.24) is 15.2 Å². The maximum Gasteiger partial charge on any atom is 0.0312 e. The van der Waals surface area contributed by atoms with Crippen LogP contribution in [0.1, 0.15) is 12.0 Å². The van der Waals surface area contributed by atoms with E-state index in [1.54, 1.807) is 0 Å². The fourth-order valence-electron chi connectivity index (χ4n) is 2.18. The topological polar surface area (TPSA) is 28.2 Å². The number of nitrogens with one attached hydrogen (secondary N) is 1. The van der Waals surface area contributed by atoms with Crippen LogP contribution in [0.5, 0.6) is 0 Å². The van der Waals surface area contributed by atoms with Crippen LogP contribution in [0.3, 0.4) is 0 Å². The monoisotopic (exact) mass is 205 g/mol. The van der Waals surface area contributed by atoms with Crippen molar-refractivity contribution in [2.45, 2.75) is 13.0 Å². The summed E-state index contributed by atoms with van der Waals surface area (Å²) in [5, 5.41) is 3.40. The van der Waals surface area contributed by atoms with Crippen LogP contribution in [0.15, 0.2) is 24.5 Å². The van der Waals surface area contributed by atoms with Crippen LogP contribution in [0.25, 0.3) is 0 Å². The standard InChI is InChI=1S/C12H19N3/c1-15(10-12-4-6-14-8-12)9-11-3-2-5-13-7-11/h2-3,5,7,12,14H,4,6,8-10H2,1H3. The minimum Gasteiger partial charge on any atom is -0.316 e. The van der Waals surface area contributed by atoms with Gasteiger partial charge in [-0.05, 0) is 44.1 Å². The highest BCUT2D eigenvalue weighted by Crippen LogP contribution is 2.10. The second-order valence-electron chi connectivity index (χ2n) is 4.42. The Morgan fingerprint density at radius 2 is 2.53 bits per heavy atom. The Kier molecular flexibility index (Phi) is 3.69. The third kappa shape index (κ3) is 3.29. The molecule has 1 saturated heterocycles. The third-order valence-corrected chi connectivity index (χ3v) is 2.91. The molecule has 1 aliphatic rings. The summed E-state index contributed by atoms with van der Waals surface area (Å²) in [5.41, 5.74) is 1.30. The van der Waals surface area contributed by atoms with Crippen LogP contribution in [-0.4, -0.2) is 36.6 Å². The highest BCUT2D eigenvalue weighted by atomic mass is 15.1. The van der Waals surface area contributed by atoms with Gasteiger partial charge in [-0.15, -0.1) is 0 Å². The van der Waals surface area contributed by atoms with Gasteiger partial charge in [-0.1, -0.05) is 6.07 Å². The van der Waals surface area contributed by atoms with Gasteiger partial charge in [0.15, 0.2) is 0 Å². The predicted octanol–water partition coefficient (Wildman–Crippen LogP) is 1.12. The molecule has 1 aromatic heterocycles. The lowest BCUT2D eigenvalue weighted by Crippen LogP contribution is -2.26. The lowest BCUT2D eigenvalue weighted by atomic mass is 10.1. The molecule has 0 bridgehead atoms. The summed E-state index contributed by atoms with van der Waals surface area (Å²) in [4.78, 5) is 6.51. The molecule has 1 fully saturated rings. The molecule has 1 N–H and O–H groups in total. The van der Waals surface area contributed by atoms with Gasteiger partial charge in [-0.25, -0.2) is 0 Å². The largest absolute Gasteiger partial charge is 0.316 e. The van der Waals surface area contributed by atoms with Gasteiger partial charge >= 0.3 is 0 Å². The fourth-order valence-corrected chi connectivity index (χ4v) is 2.18. The van der Waals surface area contributed by atoms with E-state index < -0.39 is 0 Å². The number of nitrogens with zero attached hydrogens (tertiary/aromatic N) is 2. The summed E-state index contributed by atoms with van der Waals surface area (Å²) in [6.07, 6.45) is 5.09. The van der Waals surface area contributed by atoms with Crippen molar-refractivity contribution in [2.75, 3.05) is 26.7 Å². The van der Waals surface area contributed by atoms with E-state index in [1.807, 2.05) is 18.5 Å². The van der Waals surface area contributed by atoms with Gasteiger partial charge in [0, 0.05) is 25.5 Å². The maximum absolute atomic E-state index is 4.13. The second-order valence-corrected chi connectivity index (χ2v) is 4.42. The quantitative estimate of drug-likeness (QED) is 0.798. The van der Waals surface area contributed by atoms with Crippen molar-refractivity contribution in [2.24, 2.45) is 5.92 Å². The molecule has 0 aliphatic carbocycles. The lowest BCUT2D eigenvalue weighted by Gasteiger charge is -2.20. The predicted molar refractivity (Wildman–Crippen MR) is 61.5 cm³/mol. The fraction of sp³-hybridized carbons (Fsp3) is 0.583. The lowest BCUT2D eigenvalue weighted by molar-refractivity contribution is 0.278. The molecule has 1 aromatic rings. The van der Waals surface area contributed by atoms with Crippen LogP contribution >= 0.6 is 0 Å². The summed E-state index contributed by atoms with van der Waals surface area (Å²) in [7, 11) is 2.19. The highest BCUT2D eigenvalue weighted by Gasteiger charge is 2.16. The van der Waals surface area contributed by atoms with E-state index in [0.29, 0.717) is 0 Å². The molecule has 82 valence electrons. The van der Waals surface area contributed by atoms with Gasteiger partial charge in [0.1, 0.15) is 0 Å². The van der Waals surface area contributed by atoms with Crippen LogP contribution in [-0.2, 0) is 6.54 Å². The van der Waals surface area contributed by atoms with Gasteiger partial charge < -0.3 is 10.2 Å². The first-order valence-corrected chi connectivity index (χ1v) is 5.63. The van der Waals surface area contributed by atoms with Crippen LogP contribution in [0.2, 0.25) is 0 Å². The number of pyridine rings is 1. The molecule has 2 rings (SSSR count). The highest BCUT2D eigenvalue weighted by molar-refractivity contribution is 5.07. The van der Waals surface area contributed by atoms with Crippen molar-refractivity contribution < 1.29 is 0 Å². The molecule has 0 aromatic carbocycles. The molecule has 0 radical (unpaired) electrons. The van der Waals surface area contributed by atoms with E-state index in [0.717, 1.165) is 12.5 Å². The Labute approximate surface area is 91.5 Å². The summed E-state index contributed by atoms with van der Waals surface area (Å²) < 4.78 is 0. The number of rotatable bonds is 4. The molecule has 1 atom stereocenters. The molecular formula is C12H19N3. The normalized spacial score (nSPS) is 21.1. The van der Waals surface area contributed by atoms with Crippen LogP contribution in [0.4, 0.5) is 0 Å². The van der Waals surface area contributed by atoms with Crippen molar-refractivity contribution >= 4 is 0 Å². The van der Waals surface area contributed by atoms with Crippen LogP contribution in [0, 0.1) is 5.92 Å². The van der Waals surface area contributed by atoms with Gasteiger partial charge in [0.05, 0.1) is 0 Å². The van der Waals surface area contributed by atoms with E-state index >= 15 is 0 Å². The molecule has 2 heterocycles. The first-order chi connectivity index (χ1) is 7.34. The third-order valence-electron chi connectivity index (χ3n) is 2.91. The Balaban J connectivity index is 1.79. The van der Waals surface area contributed by atoms with E-state index in [4.69, 9.17) is 0 Å². The molecule has 0 saturated carbocycles. The minimum atomic E-state index is 0.826. The van der Waals surface area contributed by atoms with Crippen molar-refractivity contribution in [3.8, 4) is 0 Å². The van der Waals surface area contributed by atoms with Gasteiger partial charge in [0.25, 0.3) is 0 Å². The number of hydrogen-bond donors (Lipinski definition) is 1. The van der Waals surface area contributed by atoms with Gasteiger partial charge in [-0.3, -0.25) is 4.98 Å². The Bertz CT molecular complexity index is 280. The smallest absolute Gasteiger partial charge is 0.0312 e. The summed E-state index contributed by atoms with van der Waals surface area (Å²) in [6.45, 7) is 4.55. The second kappa shape index (κ2) is 5.24. The molecule has 3 nitrogen and oxygen atoms in total. The first kappa shape index (κ1) is 10.6. The van der Waals surface area contributed by atoms with E-state index in [2.05, 4.69) is 28.3 Å². The van der Waals surface area contributed by atoms with E-state index in [9.17, 15) is 0 Å². The number of aromatic nitrogens is 1. The Morgan fingerprint density at radius 1 is 1.60 bits per heavy atom. The zero-order valence-corrected chi connectivity index (χ0v) is 9.32.